The number of benzene rings is 2. The summed E-state index contributed by atoms with van der Waals surface area (Å²) in [5.74, 6) is 0. The van der Waals surface area contributed by atoms with Crippen molar-refractivity contribution in [3.63, 3.8) is 0 Å². The van der Waals surface area contributed by atoms with Gasteiger partial charge < -0.3 is 9.40 Å². The van der Waals surface area contributed by atoms with Gasteiger partial charge in [-0.15, -0.1) is 0 Å². The fourth-order valence-electron chi connectivity index (χ4n) is 2.51. The average Bonchev–Trinajstić information content (AvgIpc) is 2.95. The smallest absolute Gasteiger partial charge is 0.160 e. The van der Waals surface area contributed by atoms with Gasteiger partial charge in [-0.3, -0.25) is 4.79 Å². The minimum Gasteiger partial charge on any atom is -0.454 e. The number of nitrogens with one attached hydrogen (secondary N) is 1. The lowest BCUT2D eigenvalue weighted by Gasteiger charge is -1.94. The molecule has 2 aromatic carbocycles. The monoisotopic (exact) mass is 313 g/mol. The first-order valence-corrected chi connectivity index (χ1v) is 6.65. The van der Waals surface area contributed by atoms with E-state index in [0.717, 1.165) is 43.7 Å². The Morgan fingerprint density at radius 3 is 2.84 bits per heavy atom. The topological polar surface area (TPSA) is 46.0 Å². The van der Waals surface area contributed by atoms with Crippen LogP contribution in [0.2, 0.25) is 0 Å². The molecule has 2 heterocycles. The standard InChI is InChI=1S/C15H8BrNO2/c16-9-4-5-12-11(6-9)14-15(19-12)10-3-1-2-8(7-18)13(10)17-14/h1-7,17H. The van der Waals surface area contributed by atoms with Gasteiger partial charge in [-0.1, -0.05) is 22.0 Å². The van der Waals surface area contributed by atoms with Crippen LogP contribution >= 0.6 is 15.9 Å². The lowest BCUT2D eigenvalue weighted by molar-refractivity contribution is 0.112. The van der Waals surface area contributed by atoms with Gasteiger partial charge in [0, 0.05) is 20.8 Å². The second-order valence-corrected chi connectivity index (χ2v) is 5.37. The zero-order valence-electron chi connectivity index (χ0n) is 9.74. The van der Waals surface area contributed by atoms with Gasteiger partial charge in [0.2, 0.25) is 0 Å². The first kappa shape index (κ1) is 10.8. The summed E-state index contributed by atoms with van der Waals surface area (Å²) in [6, 6.07) is 11.5. The second-order valence-electron chi connectivity index (χ2n) is 4.46. The van der Waals surface area contributed by atoms with E-state index in [0.29, 0.717) is 5.56 Å². The van der Waals surface area contributed by atoms with Crippen LogP contribution in [-0.2, 0) is 0 Å². The Morgan fingerprint density at radius 1 is 1.11 bits per heavy atom. The van der Waals surface area contributed by atoms with E-state index >= 15 is 0 Å². The van der Waals surface area contributed by atoms with Crippen LogP contribution < -0.4 is 0 Å². The average molecular weight is 314 g/mol. The highest BCUT2D eigenvalue weighted by atomic mass is 79.9. The van der Waals surface area contributed by atoms with Gasteiger partial charge in [-0.2, -0.15) is 0 Å². The third-order valence-electron chi connectivity index (χ3n) is 3.37. The second kappa shape index (κ2) is 3.71. The zero-order chi connectivity index (χ0) is 13.0. The summed E-state index contributed by atoms with van der Waals surface area (Å²) in [4.78, 5) is 14.4. The van der Waals surface area contributed by atoms with Crippen molar-refractivity contribution in [2.45, 2.75) is 0 Å². The number of furan rings is 1. The number of fused-ring (bicyclic) bond motifs is 5. The van der Waals surface area contributed by atoms with E-state index in [4.69, 9.17) is 4.42 Å². The number of para-hydroxylation sites is 1. The number of aldehydes is 1. The molecule has 4 heteroatoms. The van der Waals surface area contributed by atoms with Crippen molar-refractivity contribution < 1.29 is 9.21 Å². The number of aromatic amines is 1. The Kier molecular flexibility index (Phi) is 2.11. The highest BCUT2D eigenvalue weighted by molar-refractivity contribution is 9.10. The number of halogens is 1. The van der Waals surface area contributed by atoms with Crippen LogP contribution in [0.1, 0.15) is 10.4 Å². The van der Waals surface area contributed by atoms with E-state index in [1.54, 1.807) is 6.07 Å². The summed E-state index contributed by atoms with van der Waals surface area (Å²) in [6.07, 6.45) is 0.857. The summed E-state index contributed by atoms with van der Waals surface area (Å²) < 4.78 is 6.89. The Hall–Kier alpha value is -2.07. The number of aromatic nitrogens is 1. The summed E-state index contributed by atoms with van der Waals surface area (Å²) in [5.41, 5.74) is 4.04. The van der Waals surface area contributed by atoms with Crippen molar-refractivity contribution in [2.24, 2.45) is 0 Å². The molecule has 0 radical (unpaired) electrons. The highest BCUT2D eigenvalue weighted by Crippen LogP contribution is 2.35. The molecular formula is C15H8BrNO2. The predicted molar refractivity (Wildman–Crippen MR) is 78.7 cm³/mol. The van der Waals surface area contributed by atoms with E-state index in [1.165, 1.54) is 0 Å². The van der Waals surface area contributed by atoms with Crippen LogP contribution in [0.3, 0.4) is 0 Å². The zero-order valence-corrected chi connectivity index (χ0v) is 11.3. The van der Waals surface area contributed by atoms with Gasteiger partial charge in [-0.05, 0) is 30.3 Å². The van der Waals surface area contributed by atoms with E-state index < -0.39 is 0 Å². The molecule has 2 aromatic heterocycles. The molecule has 0 aliphatic heterocycles. The molecule has 4 rings (SSSR count). The minimum absolute atomic E-state index is 0.645. The van der Waals surface area contributed by atoms with E-state index in [-0.39, 0.29) is 0 Å². The van der Waals surface area contributed by atoms with Crippen molar-refractivity contribution >= 4 is 55.2 Å². The number of rotatable bonds is 1. The SMILES string of the molecule is O=Cc1cccc2c1[nH]c1c3cc(Br)ccc3oc21. The number of carbonyl (C=O) groups excluding carboxylic acids is 1. The van der Waals surface area contributed by atoms with E-state index in [9.17, 15) is 4.79 Å². The van der Waals surface area contributed by atoms with Crippen LogP contribution in [0.4, 0.5) is 0 Å². The normalized spacial score (nSPS) is 11.6. The molecular weight excluding hydrogens is 306 g/mol. The van der Waals surface area contributed by atoms with Crippen LogP contribution in [0, 0.1) is 0 Å². The van der Waals surface area contributed by atoms with Gasteiger partial charge in [0.15, 0.2) is 11.9 Å². The molecule has 0 saturated heterocycles. The van der Waals surface area contributed by atoms with E-state index in [2.05, 4.69) is 20.9 Å². The molecule has 19 heavy (non-hydrogen) atoms. The van der Waals surface area contributed by atoms with Crippen molar-refractivity contribution in [1.82, 2.24) is 4.98 Å². The van der Waals surface area contributed by atoms with Gasteiger partial charge in [0.25, 0.3) is 0 Å². The van der Waals surface area contributed by atoms with Crippen molar-refractivity contribution in [3.8, 4) is 0 Å². The molecule has 0 aliphatic rings. The third kappa shape index (κ3) is 1.40. The quantitative estimate of drug-likeness (QED) is 0.520. The lowest BCUT2D eigenvalue weighted by Crippen LogP contribution is -1.81. The molecule has 0 aliphatic carbocycles. The van der Waals surface area contributed by atoms with Crippen LogP contribution in [0.5, 0.6) is 0 Å². The van der Waals surface area contributed by atoms with Crippen molar-refractivity contribution in [3.05, 3.63) is 46.4 Å². The Morgan fingerprint density at radius 2 is 2.00 bits per heavy atom. The van der Waals surface area contributed by atoms with Crippen molar-refractivity contribution in [2.75, 3.05) is 0 Å². The maximum absolute atomic E-state index is 11.1. The molecule has 0 unspecified atom stereocenters. The molecule has 0 bridgehead atoms. The van der Waals surface area contributed by atoms with Crippen molar-refractivity contribution in [1.29, 1.82) is 0 Å². The van der Waals surface area contributed by atoms with Crippen LogP contribution in [0.15, 0.2) is 45.3 Å². The molecule has 4 aromatic rings. The first-order valence-electron chi connectivity index (χ1n) is 5.85. The first-order chi connectivity index (χ1) is 9.28. The molecule has 1 N–H and O–H groups in total. The number of H-pyrrole nitrogens is 1. The Bertz CT molecular complexity index is 949. The summed E-state index contributed by atoms with van der Waals surface area (Å²) in [7, 11) is 0. The minimum atomic E-state index is 0.645. The maximum atomic E-state index is 11.1. The van der Waals surface area contributed by atoms with Gasteiger partial charge in [-0.25, -0.2) is 0 Å². The number of hydrogen-bond acceptors (Lipinski definition) is 2. The summed E-state index contributed by atoms with van der Waals surface area (Å²) in [5, 5.41) is 1.95. The molecule has 0 fully saturated rings. The number of hydrogen-bond donors (Lipinski definition) is 1. The lowest BCUT2D eigenvalue weighted by atomic mass is 10.1. The Labute approximate surface area is 116 Å². The van der Waals surface area contributed by atoms with Gasteiger partial charge in [0.05, 0.1) is 11.0 Å². The van der Waals surface area contributed by atoms with Gasteiger partial charge in [0.1, 0.15) is 5.58 Å². The highest BCUT2D eigenvalue weighted by Gasteiger charge is 2.14. The third-order valence-corrected chi connectivity index (χ3v) is 3.86. The Balaban J connectivity index is 2.26. The number of carbonyl (C=O) groups is 1. The largest absolute Gasteiger partial charge is 0.454 e. The van der Waals surface area contributed by atoms with E-state index in [1.807, 2.05) is 30.3 Å². The fourth-order valence-corrected chi connectivity index (χ4v) is 2.87. The van der Waals surface area contributed by atoms with Crippen LogP contribution in [-0.4, -0.2) is 11.3 Å². The molecule has 92 valence electrons. The maximum Gasteiger partial charge on any atom is 0.160 e. The molecule has 0 spiro atoms. The fraction of sp³-hybridized carbons (Fsp3) is 0. The molecule has 3 nitrogen and oxygen atoms in total. The van der Waals surface area contributed by atoms with Crippen LogP contribution in [0.25, 0.3) is 33.0 Å². The molecule has 0 amide bonds. The van der Waals surface area contributed by atoms with Gasteiger partial charge >= 0.3 is 0 Å². The molecule has 0 atom stereocenters. The summed E-state index contributed by atoms with van der Waals surface area (Å²) in [6.45, 7) is 0. The predicted octanol–water partition coefficient (Wildman–Crippen LogP) is 4.64. The summed E-state index contributed by atoms with van der Waals surface area (Å²) >= 11 is 3.46. The molecule has 0 saturated carbocycles.